The van der Waals surface area contributed by atoms with Crippen molar-refractivity contribution in [3.8, 4) is 67.1 Å². The van der Waals surface area contributed by atoms with Crippen molar-refractivity contribution in [3.63, 3.8) is 0 Å². The first-order valence-corrected chi connectivity index (χ1v) is 39.8. The topological polar surface area (TPSA) is 19.0 Å². The lowest BCUT2D eigenvalue weighted by atomic mass is 9.30. The Balaban J connectivity index is 0.874. The fraction of sp³-hybridized carbons (Fsp3) is 0.162. The molecular weight excluding hydrogens is 1340 g/mol. The van der Waals surface area contributed by atoms with E-state index in [1.54, 1.807) is 0 Å². The second kappa shape index (κ2) is 23.9. The Hall–Kier alpha value is -12.1. The van der Waals surface area contributed by atoms with E-state index >= 15 is 0 Å². The molecule has 0 saturated carbocycles. The van der Waals surface area contributed by atoms with Gasteiger partial charge in [0.15, 0.2) is 0 Å². The Morgan fingerprint density at radius 2 is 0.721 bits per heavy atom. The van der Waals surface area contributed by atoms with Gasteiger partial charge in [-0.25, -0.2) is 0 Å². The monoisotopic (exact) mass is 1430 g/mol. The number of nitrogens with zero attached hydrogens (tertiary/aromatic N) is 3. The van der Waals surface area contributed by atoms with Crippen LogP contribution in [-0.4, -0.2) is 13.4 Å². The third-order valence-corrected chi connectivity index (χ3v) is 25.2. The predicted molar refractivity (Wildman–Crippen MR) is 471 cm³/mol. The largest absolute Gasteiger partial charge is 0.458 e. The van der Waals surface area contributed by atoms with Gasteiger partial charge in [0.05, 0.1) is 16.8 Å². The van der Waals surface area contributed by atoms with Gasteiger partial charge in [0.2, 0.25) is 0 Å². The standard InChI is InChI=1S/C105H87B2N3O/c1-101(2,3)68-55-69(102(4,5)6)57-73(56-68)109-91-63-94-88(62-87(91)106-85-47-28-30-49-89(85)108(72-37-20-15-21-38-72)92-60-71(104(10,11)12)61-93(109)97(92)106)107-86-48-29-31-50-90(86)110(99-80(64-33-16-13-17-34-64)58-70(103(7,8)9)59-81(99)65-35-18-14-19-36-65)100-75-52-51-66(53-67(75)54-95(111-94)98(100)107)74-42-32-43-79-78-41-24-27-46-84(78)105(96(74)79)82-44-25-22-39-76(82)77-40-23-26-45-83(77)105/h13-63H,1-12H3. The second-order valence-electron chi connectivity index (χ2n) is 35.9. The Labute approximate surface area is 654 Å². The van der Waals surface area contributed by atoms with Gasteiger partial charge >= 0.3 is 0 Å². The van der Waals surface area contributed by atoms with Gasteiger partial charge in [0.1, 0.15) is 11.5 Å². The molecule has 6 aliphatic rings. The van der Waals surface area contributed by atoms with E-state index in [4.69, 9.17) is 4.74 Å². The molecular formula is C105H87B2N3O. The first-order chi connectivity index (χ1) is 53.6. The van der Waals surface area contributed by atoms with E-state index in [0.29, 0.717) is 0 Å². The maximum absolute atomic E-state index is 8.20. The molecule has 534 valence electrons. The van der Waals surface area contributed by atoms with Crippen LogP contribution in [0.5, 0.6) is 11.5 Å². The number of ether oxygens (including phenoxy) is 1. The summed E-state index contributed by atoms with van der Waals surface area (Å²) in [4.78, 5) is 7.88. The molecule has 2 aliphatic carbocycles. The van der Waals surface area contributed by atoms with E-state index in [0.717, 1.165) is 84.0 Å². The molecule has 1 spiro atoms. The Morgan fingerprint density at radius 1 is 0.270 bits per heavy atom. The molecule has 15 aromatic carbocycles. The van der Waals surface area contributed by atoms with E-state index in [9.17, 15) is 0 Å². The highest BCUT2D eigenvalue weighted by Crippen LogP contribution is 2.65. The van der Waals surface area contributed by atoms with E-state index < -0.39 is 5.41 Å². The van der Waals surface area contributed by atoms with Gasteiger partial charge in [-0.2, -0.15) is 0 Å². The summed E-state index contributed by atoms with van der Waals surface area (Å²) in [6, 6.07) is 119. The Bertz CT molecular complexity index is 6290. The molecule has 4 heterocycles. The van der Waals surface area contributed by atoms with Crippen LogP contribution in [-0.2, 0) is 27.1 Å². The third-order valence-electron chi connectivity index (χ3n) is 25.2. The molecule has 4 nitrogen and oxygen atoms in total. The highest BCUT2D eigenvalue weighted by atomic mass is 16.5. The lowest BCUT2D eigenvalue weighted by molar-refractivity contribution is 0.488. The van der Waals surface area contributed by atoms with Gasteiger partial charge in [0.25, 0.3) is 13.4 Å². The van der Waals surface area contributed by atoms with Crippen molar-refractivity contribution in [2.75, 3.05) is 14.7 Å². The molecule has 0 atom stereocenters. The first-order valence-electron chi connectivity index (χ1n) is 39.8. The normalized spacial score (nSPS) is 14.4. The minimum absolute atomic E-state index is 0.156. The maximum Gasteiger partial charge on any atom is 0.256 e. The molecule has 6 heteroatoms. The van der Waals surface area contributed by atoms with Crippen LogP contribution in [0.3, 0.4) is 0 Å². The van der Waals surface area contributed by atoms with Crippen LogP contribution in [0.25, 0.3) is 66.4 Å². The number of rotatable bonds is 6. The van der Waals surface area contributed by atoms with E-state index in [-0.39, 0.29) is 35.1 Å². The number of anilines is 9. The number of hydrogen-bond donors (Lipinski definition) is 0. The van der Waals surface area contributed by atoms with Crippen LogP contribution in [0.4, 0.5) is 51.2 Å². The number of benzene rings is 15. The van der Waals surface area contributed by atoms with Gasteiger partial charge < -0.3 is 19.4 Å². The van der Waals surface area contributed by atoms with Gasteiger partial charge in [-0.15, -0.1) is 0 Å². The van der Waals surface area contributed by atoms with Gasteiger partial charge in [-0.1, -0.05) is 314 Å². The Kier molecular flexibility index (Phi) is 14.5. The molecule has 4 aliphatic heterocycles. The molecule has 0 amide bonds. The van der Waals surface area contributed by atoms with Crippen LogP contribution in [0.15, 0.2) is 309 Å². The fourth-order valence-corrected chi connectivity index (χ4v) is 19.9. The average molecular weight is 1430 g/mol. The number of para-hydroxylation sites is 3. The summed E-state index contributed by atoms with van der Waals surface area (Å²) in [5.41, 5.74) is 39.1. The molecule has 0 bridgehead atoms. The van der Waals surface area contributed by atoms with Crippen LogP contribution in [0, 0.1) is 0 Å². The molecule has 0 N–H and O–H groups in total. The molecule has 0 radical (unpaired) electrons. The zero-order valence-corrected chi connectivity index (χ0v) is 65.3. The Morgan fingerprint density at radius 3 is 1.28 bits per heavy atom. The zero-order chi connectivity index (χ0) is 75.5. The SMILES string of the molecule is CC(C)(C)c1cc(N2c3cc4c(cc3B3c5ccccc5N(c5ccccc5)c5cc(C(C)(C)C)cc2c53)B2c3ccccc3N(c3c(-c5ccccc5)cc(C(C)(C)C)cc3-c3ccccc3)c3c2c(cc2cc(-c5cccc6c5C5(c7ccccc7-c7ccccc75)c5ccccc5-6)ccc32)O4)cc(C(C)(C)C)c1. The summed E-state index contributed by atoms with van der Waals surface area (Å²) in [7, 11) is 0. The predicted octanol–water partition coefficient (Wildman–Crippen LogP) is 23.9. The summed E-state index contributed by atoms with van der Waals surface area (Å²) < 4.78 is 8.20. The van der Waals surface area contributed by atoms with Crippen LogP contribution in [0.2, 0.25) is 0 Å². The van der Waals surface area contributed by atoms with Crippen LogP contribution in [0.1, 0.15) is 128 Å². The van der Waals surface area contributed by atoms with Crippen molar-refractivity contribution in [2.24, 2.45) is 0 Å². The average Bonchev–Trinajstić information content (AvgIpc) is 1.64. The third kappa shape index (κ3) is 9.88. The van der Waals surface area contributed by atoms with Crippen LogP contribution >= 0.6 is 0 Å². The zero-order valence-electron chi connectivity index (χ0n) is 65.3. The highest BCUT2D eigenvalue weighted by Gasteiger charge is 2.54. The van der Waals surface area contributed by atoms with E-state index in [1.165, 1.54) is 122 Å². The van der Waals surface area contributed by atoms with E-state index in [1.807, 2.05) is 0 Å². The summed E-state index contributed by atoms with van der Waals surface area (Å²) in [5.74, 6) is 1.71. The van der Waals surface area contributed by atoms with E-state index in [2.05, 4.69) is 407 Å². The minimum Gasteiger partial charge on any atom is -0.458 e. The number of fused-ring (bicyclic) bond motifs is 20. The number of hydrogen-bond acceptors (Lipinski definition) is 4. The van der Waals surface area contributed by atoms with Crippen molar-refractivity contribution in [1.82, 2.24) is 0 Å². The summed E-state index contributed by atoms with van der Waals surface area (Å²) >= 11 is 0. The van der Waals surface area contributed by atoms with Crippen molar-refractivity contribution < 1.29 is 4.74 Å². The molecule has 111 heavy (non-hydrogen) atoms. The fourth-order valence-electron chi connectivity index (χ4n) is 19.9. The molecule has 21 rings (SSSR count). The van der Waals surface area contributed by atoms with Crippen molar-refractivity contribution >= 4 is 108 Å². The van der Waals surface area contributed by atoms with Crippen molar-refractivity contribution in [2.45, 2.75) is 110 Å². The molecule has 15 aromatic rings. The summed E-state index contributed by atoms with van der Waals surface area (Å²) in [5, 5.41) is 2.25. The highest BCUT2D eigenvalue weighted by molar-refractivity contribution is 7.02. The van der Waals surface area contributed by atoms with Gasteiger partial charge in [-0.3, -0.25) is 0 Å². The lowest BCUT2D eigenvalue weighted by Crippen LogP contribution is -2.64. The van der Waals surface area contributed by atoms with Gasteiger partial charge in [0, 0.05) is 62.4 Å². The molecule has 0 fully saturated rings. The quantitative estimate of drug-likeness (QED) is 0.154. The lowest BCUT2D eigenvalue weighted by Gasteiger charge is -2.46. The van der Waals surface area contributed by atoms with Crippen LogP contribution < -0.4 is 52.2 Å². The van der Waals surface area contributed by atoms with Crippen molar-refractivity contribution in [1.29, 1.82) is 0 Å². The first kappa shape index (κ1) is 67.0. The second-order valence-corrected chi connectivity index (χ2v) is 35.9. The molecule has 0 saturated heterocycles. The summed E-state index contributed by atoms with van der Waals surface area (Å²) in [6.07, 6.45) is 0. The molecule has 0 unspecified atom stereocenters. The summed E-state index contributed by atoms with van der Waals surface area (Å²) in [6.45, 7) is 27.9. The van der Waals surface area contributed by atoms with Gasteiger partial charge in [-0.05, 0) is 222 Å². The smallest absolute Gasteiger partial charge is 0.256 e. The molecule has 0 aromatic heterocycles. The minimum atomic E-state index is -0.555. The van der Waals surface area contributed by atoms with Crippen molar-refractivity contribution in [3.05, 3.63) is 354 Å². The maximum atomic E-state index is 8.20.